The van der Waals surface area contributed by atoms with Crippen LogP contribution >= 0.6 is 23.1 Å². The van der Waals surface area contributed by atoms with Gasteiger partial charge in [-0.05, 0) is 24.3 Å². The average Bonchev–Trinajstić information content (AvgIpc) is 2.93. The van der Waals surface area contributed by atoms with Gasteiger partial charge in [0, 0.05) is 18.0 Å². The Hall–Kier alpha value is -1.73. The first-order valence-corrected chi connectivity index (χ1v) is 8.01. The van der Waals surface area contributed by atoms with Crippen molar-refractivity contribution in [1.82, 2.24) is 10.3 Å². The molecule has 0 aliphatic rings. The Kier molecular flexibility index (Phi) is 5.46. The van der Waals surface area contributed by atoms with Crippen LogP contribution in [-0.4, -0.2) is 29.5 Å². The maximum absolute atomic E-state index is 12.8. The molecule has 110 valence electrons. The molecule has 1 amide bonds. The number of hydrogen-bond acceptors (Lipinski definition) is 5. The molecule has 0 unspecified atom stereocenters. The van der Waals surface area contributed by atoms with E-state index >= 15 is 0 Å². The monoisotopic (exact) mass is 324 g/mol. The number of thiazole rings is 1. The van der Waals surface area contributed by atoms with Gasteiger partial charge in [0.15, 0.2) is 10.1 Å². The lowest BCUT2D eigenvalue weighted by molar-refractivity contribution is -0.120. The highest BCUT2D eigenvalue weighted by molar-refractivity contribution is 8.01. The summed E-state index contributed by atoms with van der Waals surface area (Å²) in [4.78, 5) is 27.4. The van der Waals surface area contributed by atoms with Crippen molar-refractivity contribution in [2.75, 3.05) is 12.8 Å². The molecule has 1 aromatic heterocycles. The summed E-state index contributed by atoms with van der Waals surface area (Å²) in [6, 6.07) is 5.47. The Morgan fingerprint density at radius 2 is 2.05 bits per heavy atom. The third-order valence-corrected chi connectivity index (χ3v) is 4.71. The molecule has 1 N–H and O–H groups in total. The van der Waals surface area contributed by atoms with E-state index in [-0.39, 0.29) is 29.7 Å². The number of nitrogens with one attached hydrogen (secondary N) is 1. The van der Waals surface area contributed by atoms with Crippen LogP contribution in [0.3, 0.4) is 0 Å². The van der Waals surface area contributed by atoms with Crippen LogP contribution in [0.15, 0.2) is 34.0 Å². The Bertz CT molecular complexity index is 641. The van der Waals surface area contributed by atoms with Gasteiger partial charge >= 0.3 is 0 Å². The standard InChI is InChI=1S/C14H13FN2O2S2/c1-16-13(19)6-11-7-20-14(17-11)21-8-12(18)9-2-4-10(15)5-3-9/h2-5,7H,6,8H2,1H3,(H,16,19). The van der Waals surface area contributed by atoms with E-state index in [1.165, 1.54) is 47.4 Å². The molecule has 0 atom stereocenters. The van der Waals surface area contributed by atoms with E-state index in [2.05, 4.69) is 10.3 Å². The van der Waals surface area contributed by atoms with Crippen molar-refractivity contribution in [1.29, 1.82) is 0 Å². The molecular formula is C14H13FN2O2S2. The van der Waals surface area contributed by atoms with Gasteiger partial charge in [0.2, 0.25) is 5.91 Å². The summed E-state index contributed by atoms with van der Waals surface area (Å²) in [7, 11) is 1.58. The quantitative estimate of drug-likeness (QED) is 0.655. The lowest BCUT2D eigenvalue weighted by Crippen LogP contribution is -2.20. The van der Waals surface area contributed by atoms with Crippen LogP contribution in [-0.2, 0) is 11.2 Å². The number of halogens is 1. The lowest BCUT2D eigenvalue weighted by Gasteiger charge is -1.99. The number of likely N-dealkylation sites (N-methyl/N-ethyl adjacent to an activating group) is 1. The van der Waals surface area contributed by atoms with Gasteiger partial charge in [0.05, 0.1) is 17.9 Å². The van der Waals surface area contributed by atoms with Crippen molar-refractivity contribution >= 4 is 34.8 Å². The minimum atomic E-state index is -0.363. The van der Waals surface area contributed by atoms with Crippen LogP contribution in [0.25, 0.3) is 0 Å². The number of carbonyl (C=O) groups excluding carboxylic acids is 2. The summed E-state index contributed by atoms with van der Waals surface area (Å²) < 4.78 is 13.5. The van der Waals surface area contributed by atoms with Gasteiger partial charge in [0.1, 0.15) is 5.82 Å². The van der Waals surface area contributed by atoms with Crippen LogP contribution in [0.5, 0.6) is 0 Å². The van der Waals surface area contributed by atoms with E-state index < -0.39 is 0 Å². The van der Waals surface area contributed by atoms with Gasteiger partial charge < -0.3 is 5.32 Å². The third-order valence-electron chi connectivity index (χ3n) is 2.64. The fourth-order valence-electron chi connectivity index (χ4n) is 1.54. The molecule has 2 aromatic rings. The zero-order chi connectivity index (χ0) is 15.2. The molecule has 21 heavy (non-hydrogen) atoms. The molecule has 1 heterocycles. The molecule has 0 fully saturated rings. The van der Waals surface area contributed by atoms with Crippen molar-refractivity contribution < 1.29 is 14.0 Å². The molecule has 0 radical (unpaired) electrons. The van der Waals surface area contributed by atoms with Crippen LogP contribution in [0.2, 0.25) is 0 Å². The zero-order valence-electron chi connectivity index (χ0n) is 11.3. The molecule has 0 bridgehead atoms. The van der Waals surface area contributed by atoms with E-state index in [0.717, 1.165) is 4.34 Å². The SMILES string of the molecule is CNC(=O)Cc1csc(SCC(=O)c2ccc(F)cc2)n1. The smallest absolute Gasteiger partial charge is 0.225 e. The van der Waals surface area contributed by atoms with Crippen molar-refractivity contribution in [3.63, 3.8) is 0 Å². The first kappa shape index (κ1) is 15.7. The molecule has 0 saturated carbocycles. The number of Topliss-reactive ketones (excluding diaryl/α,β-unsaturated/α-hetero) is 1. The predicted octanol–water partition coefficient (Wildman–Crippen LogP) is 2.55. The summed E-state index contributed by atoms with van der Waals surface area (Å²) in [5, 5.41) is 4.34. The second-order valence-electron chi connectivity index (χ2n) is 4.17. The maximum atomic E-state index is 12.8. The molecule has 4 nitrogen and oxygen atoms in total. The van der Waals surface area contributed by atoms with Gasteiger partial charge in [-0.3, -0.25) is 9.59 Å². The second-order valence-corrected chi connectivity index (χ2v) is 6.25. The van der Waals surface area contributed by atoms with Gasteiger partial charge in [-0.1, -0.05) is 11.8 Å². The number of amides is 1. The van der Waals surface area contributed by atoms with Crippen LogP contribution < -0.4 is 5.32 Å². The lowest BCUT2D eigenvalue weighted by atomic mass is 10.1. The maximum Gasteiger partial charge on any atom is 0.225 e. The van der Waals surface area contributed by atoms with E-state index in [0.29, 0.717) is 11.3 Å². The largest absolute Gasteiger partial charge is 0.359 e. The summed E-state index contributed by atoms with van der Waals surface area (Å²) in [6.45, 7) is 0. The minimum Gasteiger partial charge on any atom is -0.359 e. The summed E-state index contributed by atoms with van der Waals surface area (Å²) in [5.74, 6) is -0.307. The molecule has 0 aliphatic heterocycles. The number of hydrogen-bond donors (Lipinski definition) is 1. The Morgan fingerprint density at radius 1 is 1.33 bits per heavy atom. The predicted molar refractivity (Wildman–Crippen MR) is 81.3 cm³/mol. The molecule has 0 aliphatic carbocycles. The number of thioether (sulfide) groups is 1. The van der Waals surface area contributed by atoms with Crippen molar-refractivity contribution in [2.24, 2.45) is 0 Å². The second kappa shape index (κ2) is 7.33. The first-order valence-electron chi connectivity index (χ1n) is 6.15. The topological polar surface area (TPSA) is 59.1 Å². The van der Waals surface area contributed by atoms with E-state index in [9.17, 15) is 14.0 Å². The van der Waals surface area contributed by atoms with E-state index in [1.807, 2.05) is 0 Å². The van der Waals surface area contributed by atoms with Gasteiger partial charge in [-0.2, -0.15) is 0 Å². The van der Waals surface area contributed by atoms with Crippen molar-refractivity contribution in [2.45, 2.75) is 10.8 Å². The number of carbonyl (C=O) groups is 2. The normalized spacial score (nSPS) is 10.4. The summed E-state index contributed by atoms with van der Waals surface area (Å²) >= 11 is 2.72. The summed E-state index contributed by atoms with van der Waals surface area (Å²) in [5.41, 5.74) is 1.17. The molecule has 0 spiro atoms. The number of aromatic nitrogens is 1. The number of rotatable bonds is 6. The van der Waals surface area contributed by atoms with Crippen molar-refractivity contribution in [3.05, 3.63) is 46.7 Å². The Balaban J connectivity index is 1.89. The van der Waals surface area contributed by atoms with Crippen LogP contribution in [0.1, 0.15) is 16.1 Å². The molecule has 1 aromatic carbocycles. The van der Waals surface area contributed by atoms with Gasteiger partial charge in [-0.15, -0.1) is 11.3 Å². The van der Waals surface area contributed by atoms with Crippen LogP contribution in [0.4, 0.5) is 4.39 Å². The number of ketones is 1. The Labute approximate surface area is 129 Å². The number of benzene rings is 1. The summed E-state index contributed by atoms with van der Waals surface area (Å²) in [6.07, 6.45) is 0.236. The zero-order valence-corrected chi connectivity index (χ0v) is 12.9. The van der Waals surface area contributed by atoms with Crippen LogP contribution in [0, 0.1) is 5.82 Å². The van der Waals surface area contributed by atoms with Gasteiger partial charge in [0.25, 0.3) is 0 Å². The van der Waals surface area contributed by atoms with Crippen molar-refractivity contribution in [3.8, 4) is 0 Å². The fraction of sp³-hybridized carbons (Fsp3) is 0.214. The van der Waals surface area contributed by atoms with Gasteiger partial charge in [-0.25, -0.2) is 9.37 Å². The van der Waals surface area contributed by atoms with E-state index in [4.69, 9.17) is 0 Å². The molecular weight excluding hydrogens is 311 g/mol. The molecule has 7 heteroatoms. The highest BCUT2D eigenvalue weighted by Crippen LogP contribution is 2.23. The highest BCUT2D eigenvalue weighted by atomic mass is 32.2. The molecule has 2 rings (SSSR count). The Morgan fingerprint density at radius 3 is 2.71 bits per heavy atom. The third kappa shape index (κ3) is 4.64. The number of nitrogens with zero attached hydrogens (tertiary/aromatic N) is 1. The first-order chi connectivity index (χ1) is 10.1. The fourth-order valence-corrected chi connectivity index (χ4v) is 3.27. The highest BCUT2D eigenvalue weighted by Gasteiger charge is 2.10. The van der Waals surface area contributed by atoms with E-state index in [1.54, 1.807) is 12.4 Å². The average molecular weight is 324 g/mol. The molecule has 0 saturated heterocycles. The minimum absolute atomic E-state index is 0.0805.